The maximum atomic E-state index is 13.5. The lowest BCUT2D eigenvalue weighted by Gasteiger charge is -2.25. The van der Waals surface area contributed by atoms with Crippen LogP contribution in [0.15, 0.2) is 48.5 Å². The van der Waals surface area contributed by atoms with E-state index in [1.165, 1.54) is 16.9 Å². The summed E-state index contributed by atoms with van der Waals surface area (Å²) in [5.74, 6) is 0.324. The van der Waals surface area contributed by atoms with Crippen molar-refractivity contribution in [1.29, 1.82) is 0 Å². The van der Waals surface area contributed by atoms with Gasteiger partial charge < -0.3 is 9.64 Å². The highest BCUT2D eigenvalue weighted by Crippen LogP contribution is 2.42. The van der Waals surface area contributed by atoms with Crippen LogP contribution in [0.1, 0.15) is 45.8 Å². The summed E-state index contributed by atoms with van der Waals surface area (Å²) in [6.45, 7) is 2.09. The Morgan fingerprint density at radius 2 is 1.94 bits per heavy atom. The third-order valence-electron chi connectivity index (χ3n) is 6.03. The topological polar surface area (TPSA) is 71.5 Å². The van der Waals surface area contributed by atoms with Gasteiger partial charge in [0.15, 0.2) is 5.13 Å². The zero-order chi connectivity index (χ0) is 21.5. The molecular formula is C24H23N3O3S. The number of hydrogen-bond donors (Lipinski definition) is 1. The lowest BCUT2D eigenvalue weighted by molar-refractivity contribution is -0.120. The number of nitrogens with zero attached hydrogens (tertiary/aromatic N) is 2. The number of thiazole rings is 1. The van der Waals surface area contributed by atoms with Crippen molar-refractivity contribution in [3.8, 4) is 5.75 Å². The molecule has 2 heterocycles. The number of aryl methyl sites for hydroxylation is 1. The fourth-order valence-electron chi connectivity index (χ4n) is 4.50. The van der Waals surface area contributed by atoms with Gasteiger partial charge in [-0.1, -0.05) is 18.2 Å². The average Bonchev–Trinajstić information content (AvgIpc) is 3.44. The molecule has 7 heteroatoms. The Bertz CT molecular complexity index is 1160. The number of fused-ring (bicyclic) bond motifs is 2. The van der Waals surface area contributed by atoms with E-state index in [1.807, 2.05) is 23.1 Å². The van der Waals surface area contributed by atoms with Gasteiger partial charge >= 0.3 is 0 Å². The smallest absolute Gasteiger partial charge is 0.257 e. The summed E-state index contributed by atoms with van der Waals surface area (Å²) >= 11 is 1.46. The van der Waals surface area contributed by atoms with E-state index in [0.717, 1.165) is 35.5 Å². The molecule has 0 spiro atoms. The number of nitrogens with one attached hydrogen (secondary N) is 1. The summed E-state index contributed by atoms with van der Waals surface area (Å²) < 4.78 is 5.14. The Hall–Kier alpha value is -3.19. The van der Waals surface area contributed by atoms with E-state index < -0.39 is 0 Å². The van der Waals surface area contributed by atoms with Crippen LogP contribution in [-0.4, -0.2) is 29.9 Å². The molecule has 2 atom stereocenters. The first-order valence-electron chi connectivity index (χ1n) is 10.4. The van der Waals surface area contributed by atoms with E-state index in [2.05, 4.69) is 23.3 Å². The number of carbonyl (C=O) groups excluding carboxylic acids is 2. The van der Waals surface area contributed by atoms with Crippen LogP contribution in [0.4, 0.5) is 10.8 Å². The predicted octanol–water partition coefficient (Wildman–Crippen LogP) is 4.41. The van der Waals surface area contributed by atoms with E-state index in [-0.39, 0.29) is 23.8 Å². The third kappa shape index (κ3) is 3.49. The average molecular weight is 434 g/mol. The molecule has 5 rings (SSSR count). The normalized spacial score (nSPS) is 19.1. The molecule has 1 aromatic heterocycles. The Morgan fingerprint density at radius 3 is 2.71 bits per heavy atom. The Morgan fingerprint density at radius 1 is 1.16 bits per heavy atom. The fraction of sp³-hybridized carbons (Fsp3) is 0.292. The van der Waals surface area contributed by atoms with Crippen LogP contribution >= 0.6 is 11.3 Å². The zero-order valence-electron chi connectivity index (χ0n) is 17.4. The van der Waals surface area contributed by atoms with Gasteiger partial charge in [0, 0.05) is 22.2 Å². The summed E-state index contributed by atoms with van der Waals surface area (Å²) in [6, 6.07) is 15.2. The van der Waals surface area contributed by atoms with E-state index >= 15 is 0 Å². The van der Waals surface area contributed by atoms with Crippen molar-refractivity contribution in [2.45, 2.75) is 38.1 Å². The quantitative estimate of drug-likeness (QED) is 0.662. The first-order chi connectivity index (χ1) is 15.0. The lowest BCUT2D eigenvalue weighted by atomic mass is 10.0. The minimum atomic E-state index is -0.258. The molecule has 0 radical (unpaired) electrons. The molecule has 1 aliphatic carbocycles. The summed E-state index contributed by atoms with van der Waals surface area (Å²) in [5, 5.41) is 3.42. The number of amides is 2. The second-order valence-electron chi connectivity index (χ2n) is 7.99. The fourth-order valence-corrected chi connectivity index (χ4v) is 5.54. The van der Waals surface area contributed by atoms with Gasteiger partial charge in [-0.15, -0.1) is 11.3 Å². The lowest BCUT2D eigenvalue weighted by Crippen LogP contribution is -2.38. The van der Waals surface area contributed by atoms with Crippen LogP contribution in [0.25, 0.3) is 0 Å². The van der Waals surface area contributed by atoms with Crippen molar-refractivity contribution in [3.63, 3.8) is 0 Å². The number of ether oxygens (including phenoxy) is 1. The molecule has 0 saturated carbocycles. The second kappa shape index (κ2) is 7.81. The van der Waals surface area contributed by atoms with Crippen LogP contribution in [0.5, 0.6) is 5.75 Å². The van der Waals surface area contributed by atoms with Gasteiger partial charge in [-0.2, -0.15) is 0 Å². The molecule has 2 aromatic carbocycles. The SMILES string of the molecule is COc1ccc(C(=O)Nc2nc3c(s2)CCC3C(=O)N2c3ccccc3CC2C)cc1. The predicted molar refractivity (Wildman–Crippen MR) is 121 cm³/mol. The standard InChI is InChI=1S/C24H23N3O3S/c1-14-13-16-5-3-4-6-19(16)27(14)23(29)18-11-12-20-21(18)25-24(31-20)26-22(28)15-7-9-17(30-2)10-8-15/h3-10,14,18H,11-13H2,1-2H3,(H,25,26,28). The van der Waals surface area contributed by atoms with Crippen LogP contribution in [-0.2, 0) is 17.6 Å². The van der Waals surface area contributed by atoms with Crippen LogP contribution < -0.4 is 15.0 Å². The third-order valence-corrected chi connectivity index (χ3v) is 7.08. The number of anilines is 2. The van der Waals surface area contributed by atoms with Crippen molar-refractivity contribution in [1.82, 2.24) is 4.98 Å². The van der Waals surface area contributed by atoms with E-state index in [0.29, 0.717) is 16.4 Å². The van der Waals surface area contributed by atoms with Crippen molar-refractivity contribution >= 4 is 34.0 Å². The minimum absolute atomic E-state index is 0.106. The van der Waals surface area contributed by atoms with E-state index in [9.17, 15) is 9.59 Å². The highest BCUT2D eigenvalue weighted by molar-refractivity contribution is 7.16. The summed E-state index contributed by atoms with van der Waals surface area (Å²) in [7, 11) is 1.59. The van der Waals surface area contributed by atoms with Crippen LogP contribution in [0.2, 0.25) is 0 Å². The molecule has 1 aliphatic heterocycles. The number of aromatic nitrogens is 1. The van der Waals surface area contributed by atoms with Crippen molar-refractivity contribution in [2.75, 3.05) is 17.3 Å². The summed E-state index contributed by atoms with van der Waals surface area (Å²) in [5.41, 5.74) is 3.58. The maximum absolute atomic E-state index is 13.5. The Labute approximate surface area is 184 Å². The molecule has 2 amide bonds. The maximum Gasteiger partial charge on any atom is 0.257 e. The molecule has 0 fully saturated rings. The highest BCUT2D eigenvalue weighted by atomic mass is 32.1. The zero-order valence-corrected chi connectivity index (χ0v) is 18.2. The Kier molecular flexibility index (Phi) is 4.98. The number of rotatable bonds is 4. The van der Waals surface area contributed by atoms with Crippen molar-refractivity contribution in [3.05, 3.63) is 70.2 Å². The first-order valence-corrected chi connectivity index (χ1v) is 11.2. The molecule has 0 saturated heterocycles. The van der Waals surface area contributed by atoms with Crippen LogP contribution in [0.3, 0.4) is 0 Å². The molecule has 158 valence electrons. The summed E-state index contributed by atoms with van der Waals surface area (Å²) in [4.78, 5) is 33.8. The minimum Gasteiger partial charge on any atom is -0.497 e. The van der Waals surface area contributed by atoms with Crippen molar-refractivity contribution < 1.29 is 14.3 Å². The molecule has 0 bridgehead atoms. The van der Waals surface area contributed by atoms with Crippen LogP contribution in [0, 0.1) is 0 Å². The molecule has 1 N–H and O–H groups in total. The van der Waals surface area contributed by atoms with Crippen molar-refractivity contribution in [2.24, 2.45) is 0 Å². The van der Waals surface area contributed by atoms with Gasteiger partial charge in [0.05, 0.1) is 18.7 Å². The van der Waals surface area contributed by atoms with Gasteiger partial charge in [0.2, 0.25) is 5.91 Å². The van der Waals surface area contributed by atoms with Gasteiger partial charge in [-0.3, -0.25) is 14.9 Å². The number of benzene rings is 2. The highest BCUT2D eigenvalue weighted by Gasteiger charge is 2.39. The number of carbonyl (C=O) groups is 2. The second-order valence-corrected chi connectivity index (χ2v) is 9.08. The summed E-state index contributed by atoms with van der Waals surface area (Å²) in [6.07, 6.45) is 2.46. The molecule has 3 aromatic rings. The number of hydrogen-bond acceptors (Lipinski definition) is 5. The van der Waals surface area contributed by atoms with Gasteiger partial charge in [-0.05, 0) is 62.1 Å². The van der Waals surface area contributed by atoms with Gasteiger partial charge in [0.1, 0.15) is 5.75 Å². The van der Waals surface area contributed by atoms with Gasteiger partial charge in [-0.25, -0.2) is 4.98 Å². The molecule has 2 unspecified atom stereocenters. The number of para-hydroxylation sites is 1. The first kappa shape index (κ1) is 19.8. The Balaban J connectivity index is 1.34. The van der Waals surface area contributed by atoms with E-state index in [1.54, 1.807) is 31.4 Å². The molecule has 2 aliphatic rings. The largest absolute Gasteiger partial charge is 0.497 e. The number of methoxy groups -OCH3 is 1. The molecule has 6 nitrogen and oxygen atoms in total. The van der Waals surface area contributed by atoms with Gasteiger partial charge in [0.25, 0.3) is 5.91 Å². The monoisotopic (exact) mass is 433 g/mol. The molecular weight excluding hydrogens is 410 g/mol. The van der Waals surface area contributed by atoms with E-state index in [4.69, 9.17) is 4.74 Å². The molecule has 31 heavy (non-hydrogen) atoms.